The molecule has 0 bridgehead atoms. The van der Waals surface area contributed by atoms with Crippen LogP contribution in [0.15, 0.2) is 48.7 Å². The lowest BCUT2D eigenvalue weighted by Crippen LogP contribution is -2.55. The predicted molar refractivity (Wildman–Crippen MR) is 159 cm³/mol. The molecule has 2 aliphatic rings. The Balaban J connectivity index is 0.00000353. The monoisotopic (exact) mass is 601 g/mol. The molecule has 212 valence electrons. The smallest absolute Gasteiger partial charge is 0.239 e. The molecule has 7 nitrogen and oxygen atoms in total. The minimum Gasteiger partial charge on any atom is -0.493 e. The molecule has 1 amide bonds. The lowest BCUT2D eigenvalue weighted by molar-refractivity contribution is -0.136. The van der Waals surface area contributed by atoms with Gasteiger partial charge in [0.25, 0.3) is 0 Å². The van der Waals surface area contributed by atoms with E-state index in [0.717, 1.165) is 38.9 Å². The van der Waals surface area contributed by atoms with E-state index in [1.54, 1.807) is 6.07 Å². The topological polar surface area (TPSA) is 77.8 Å². The van der Waals surface area contributed by atoms with E-state index in [1.807, 2.05) is 17.9 Å². The molecular weight excluding hydrogens is 561 g/mol. The summed E-state index contributed by atoms with van der Waals surface area (Å²) in [7, 11) is 0. The number of rotatable bonds is 9. The summed E-state index contributed by atoms with van der Waals surface area (Å²) in [5.41, 5.74) is 9.65. The fraction of sp³-hybridized carbons (Fsp3) is 0.500. The lowest BCUT2D eigenvalue weighted by atomic mass is 9.88. The molecule has 39 heavy (non-hydrogen) atoms. The molecule has 0 unspecified atom stereocenters. The summed E-state index contributed by atoms with van der Waals surface area (Å²) < 4.78 is 20.1. The maximum atomic E-state index is 14.5. The average molecular weight is 603 g/mol. The van der Waals surface area contributed by atoms with Crippen molar-refractivity contribution < 1.29 is 13.9 Å². The van der Waals surface area contributed by atoms with Crippen LogP contribution in [0.2, 0.25) is 0 Å². The van der Waals surface area contributed by atoms with Gasteiger partial charge < -0.3 is 25.3 Å². The van der Waals surface area contributed by atoms with Crippen molar-refractivity contribution in [3.8, 4) is 5.75 Å². The number of carbonyl (C=O) groups excluding carboxylic acids is 1. The zero-order valence-corrected chi connectivity index (χ0v) is 24.5. The number of ether oxygens (including phenoxy) is 1. The first kappa shape index (κ1) is 29.5. The van der Waals surface area contributed by atoms with Crippen LogP contribution in [0.25, 0.3) is 10.9 Å². The van der Waals surface area contributed by atoms with Gasteiger partial charge in [-0.2, -0.15) is 0 Å². The van der Waals surface area contributed by atoms with Crippen LogP contribution in [-0.2, 0) is 17.8 Å². The molecule has 0 radical (unpaired) electrons. The Bertz CT molecular complexity index is 1220. The van der Waals surface area contributed by atoms with Crippen LogP contribution in [0, 0.1) is 11.7 Å². The number of hydrogen-bond acceptors (Lipinski definition) is 5. The van der Waals surface area contributed by atoms with E-state index in [2.05, 4.69) is 45.2 Å². The third-order valence-electron chi connectivity index (χ3n) is 8.24. The molecule has 5 rings (SSSR count). The van der Waals surface area contributed by atoms with Gasteiger partial charge in [0.1, 0.15) is 11.6 Å². The maximum absolute atomic E-state index is 14.5. The Hall–Kier alpha value is -2.46. The van der Waals surface area contributed by atoms with Crippen molar-refractivity contribution in [3.63, 3.8) is 0 Å². The molecule has 3 heterocycles. The third-order valence-corrected chi connectivity index (χ3v) is 8.24. The Morgan fingerprint density at radius 3 is 2.54 bits per heavy atom. The summed E-state index contributed by atoms with van der Waals surface area (Å²) in [5.74, 6) is 0.630. The van der Waals surface area contributed by atoms with Gasteiger partial charge in [-0.15, -0.1) is 17.0 Å². The first-order valence-electron chi connectivity index (χ1n) is 14.0. The molecular formula is C30H41BrFN5O2. The second kappa shape index (κ2) is 13.7. The highest BCUT2D eigenvalue weighted by atomic mass is 79.9. The Morgan fingerprint density at radius 2 is 1.79 bits per heavy atom. The molecule has 9 heteroatoms. The van der Waals surface area contributed by atoms with E-state index in [-0.39, 0.29) is 34.6 Å². The number of likely N-dealkylation sites (tertiary alicyclic amines) is 1. The van der Waals surface area contributed by atoms with Gasteiger partial charge in [0, 0.05) is 61.9 Å². The number of para-hydroxylation sites is 1. The number of carbonyl (C=O) groups is 1. The van der Waals surface area contributed by atoms with E-state index >= 15 is 0 Å². The van der Waals surface area contributed by atoms with Gasteiger partial charge in [-0.05, 0) is 69.0 Å². The van der Waals surface area contributed by atoms with Gasteiger partial charge in [-0.25, -0.2) is 4.39 Å². The summed E-state index contributed by atoms with van der Waals surface area (Å²) >= 11 is 0. The molecule has 3 aromatic rings. The van der Waals surface area contributed by atoms with Crippen molar-refractivity contribution in [3.05, 3.63) is 65.6 Å². The first-order valence-corrected chi connectivity index (χ1v) is 14.0. The fourth-order valence-corrected chi connectivity index (χ4v) is 5.90. The van der Waals surface area contributed by atoms with Gasteiger partial charge in [0.2, 0.25) is 5.91 Å². The van der Waals surface area contributed by atoms with E-state index in [0.29, 0.717) is 50.6 Å². The van der Waals surface area contributed by atoms with Crippen LogP contribution in [0.3, 0.4) is 0 Å². The summed E-state index contributed by atoms with van der Waals surface area (Å²) in [6, 6.07) is 13.0. The number of hydrogen-bond donors (Lipinski definition) is 2. The van der Waals surface area contributed by atoms with Gasteiger partial charge >= 0.3 is 0 Å². The number of nitrogens with zero attached hydrogens (tertiary/aromatic N) is 3. The van der Waals surface area contributed by atoms with Gasteiger partial charge in [0.05, 0.1) is 12.6 Å². The molecule has 1 atom stereocenters. The lowest BCUT2D eigenvalue weighted by Gasteiger charge is -2.39. The van der Waals surface area contributed by atoms with Gasteiger partial charge in [-0.3, -0.25) is 9.69 Å². The normalized spacial score (nSPS) is 18.2. The number of nitrogens with two attached hydrogens (primary N) is 1. The Kier molecular flexibility index (Phi) is 10.4. The van der Waals surface area contributed by atoms with Crippen LogP contribution < -0.4 is 10.5 Å². The van der Waals surface area contributed by atoms with E-state index in [4.69, 9.17) is 10.5 Å². The van der Waals surface area contributed by atoms with Crippen molar-refractivity contribution >= 4 is 33.8 Å². The standard InChI is InChI=1S/C30H40FN5O2.BrH/c1-2-38-28-9-5-7-26(31)25(28)21-35-16-18-36(19-17-35)30(37)29(32)22-10-13-34(14-11-22)15-12-23-20-33-27-8-4-3-6-24(23)27;/h3-9,20,22,29,33H,2,10-19,21,32H2,1H3;1H/t29-;/m1./s1. The highest BCUT2D eigenvalue weighted by Gasteiger charge is 2.33. The molecule has 2 saturated heterocycles. The highest BCUT2D eigenvalue weighted by Crippen LogP contribution is 2.25. The average Bonchev–Trinajstić information content (AvgIpc) is 3.37. The number of fused-ring (bicyclic) bond motifs is 1. The van der Waals surface area contributed by atoms with Crippen molar-refractivity contribution in [2.24, 2.45) is 11.7 Å². The number of H-pyrrole nitrogens is 1. The molecule has 2 fully saturated rings. The van der Waals surface area contributed by atoms with Crippen LogP contribution >= 0.6 is 17.0 Å². The van der Waals surface area contributed by atoms with E-state index < -0.39 is 6.04 Å². The molecule has 2 aliphatic heterocycles. The second-order valence-corrected chi connectivity index (χ2v) is 10.6. The van der Waals surface area contributed by atoms with Crippen molar-refractivity contribution in [1.82, 2.24) is 19.7 Å². The molecule has 2 aromatic carbocycles. The summed E-state index contributed by atoms with van der Waals surface area (Å²) in [5, 5.41) is 1.30. The highest BCUT2D eigenvalue weighted by molar-refractivity contribution is 8.93. The van der Waals surface area contributed by atoms with Crippen LogP contribution in [0.4, 0.5) is 4.39 Å². The first-order chi connectivity index (χ1) is 18.5. The zero-order valence-electron chi connectivity index (χ0n) is 22.8. The van der Waals surface area contributed by atoms with Crippen molar-refractivity contribution in [2.45, 2.75) is 38.8 Å². The summed E-state index contributed by atoms with van der Waals surface area (Å²) in [6.45, 7) is 8.49. The van der Waals surface area contributed by atoms with E-state index in [1.165, 1.54) is 22.5 Å². The predicted octanol–water partition coefficient (Wildman–Crippen LogP) is 4.21. The quantitative estimate of drug-likeness (QED) is 0.384. The third kappa shape index (κ3) is 7.01. The summed E-state index contributed by atoms with van der Waals surface area (Å²) in [4.78, 5) is 23.2. The number of aromatic nitrogens is 1. The SMILES string of the molecule is Br.CCOc1cccc(F)c1CN1CCN(C(=O)[C@H](N)C2CCN(CCc3c[nH]c4ccccc34)CC2)CC1. The second-order valence-electron chi connectivity index (χ2n) is 10.6. The maximum Gasteiger partial charge on any atom is 0.239 e. The zero-order chi connectivity index (χ0) is 26.5. The minimum absolute atomic E-state index is 0. The number of aromatic amines is 1. The largest absolute Gasteiger partial charge is 0.493 e. The Labute approximate surface area is 241 Å². The number of amides is 1. The molecule has 1 aromatic heterocycles. The van der Waals surface area contributed by atoms with Crippen LogP contribution in [-0.4, -0.2) is 84.1 Å². The van der Waals surface area contributed by atoms with Crippen molar-refractivity contribution in [1.29, 1.82) is 0 Å². The number of halogens is 2. The fourth-order valence-electron chi connectivity index (χ4n) is 5.90. The number of benzene rings is 2. The van der Waals surface area contributed by atoms with Crippen molar-refractivity contribution in [2.75, 3.05) is 52.4 Å². The summed E-state index contributed by atoms with van der Waals surface area (Å²) in [6.07, 6.45) is 5.05. The van der Waals surface area contributed by atoms with E-state index in [9.17, 15) is 9.18 Å². The molecule has 0 saturated carbocycles. The minimum atomic E-state index is -0.451. The van der Waals surface area contributed by atoms with Gasteiger partial charge in [-0.1, -0.05) is 24.3 Å². The number of piperidine rings is 1. The molecule has 0 spiro atoms. The Morgan fingerprint density at radius 1 is 1.05 bits per heavy atom. The van der Waals surface area contributed by atoms with Gasteiger partial charge in [0.15, 0.2) is 0 Å². The molecule has 0 aliphatic carbocycles. The number of nitrogens with one attached hydrogen (secondary N) is 1. The van der Waals surface area contributed by atoms with Crippen LogP contribution in [0.5, 0.6) is 5.75 Å². The van der Waals surface area contributed by atoms with Crippen LogP contribution in [0.1, 0.15) is 30.9 Å². The molecule has 3 N–H and O–H groups in total. The number of piperazine rings is 1.